The van der Waals surface area contributed by atoms with Crippen molar-refractivity contribution >= 4 is 21.3 Å². The molecule has 0 saturated heterocycles. The molecular weight excluding hydrogens is 194 g/mol. The van der Waals surface area contributed by atoms with Crippen LogP contribution >= 0.6 is 11.3 Å². The average Bonchev–Trinajstić information content (AvgIpc) is 2.37. The van der Waals surface area contributed by atoms with Crippen LogP contribution in [-0.4, -0.2) is 26.8 Å². The normalized spacial score (nSPS) is 16.2. The van der Waals surface area contributed by atoms with Gasteiger partial charge in [0.25, 0.3) is 0 Å². The summed E-state index contributed by atoms with van der Waals surface area (Å²) in [6.07, 6.45) is 1.40. The van der Waals surface area contributed by atoms with E-state index in [-0.39, 0.29) is 0 Å². The summed E-state index contributed by atoms with van der Waals surface area (Å²) in [4.78, 5) is 4.04. The van der Waals surface area contributed by atoms with Crippen LogP contribution in [0.4, 0.5) is 0 Å². The fourth-order valence-electron chi connectivity index (χ4n) is 0.667. The van der Waals surface area contributed by atoms with Gasteiger partial charge in [0, 0.05) is 18.7 Å². The van der Waals surface area contributed by atoms with Crippen LogP contribution in [0.1, 0.15) is 5.69 Å². The number of nitrogens with one attached hydrogen (secondary N) is 1. The number of rotatable bonds is 3. The van der Waals surface area contributed by atoms with Crippen molar-refractivity contribution in [1.82, 2.24) is 9.29 Å². The highest BCUT2D eigenvalue weighted by Gasteiger charge is 2.08. The van der Waals surface area contributed by atoms with Crippen LogP contribution in [-0.2, 0) is 16.5 Å². The van der Waals surface area contributed by atoms with Gasteiger partial charge in [-0.05, 0) is 0 Å². The Morgan fingerprint density at radius 2 is 2.50 bits per heavy atom. The van der Waals surface area contributed by atoms with E-state index in [0.717, 1.165) is 5.69 Å². The SMILES string of the molecule is CN(Cc1cscn1)S(C)(=N)=O. The highest BCUT2D eigenvalue weighted by molar-refractivity contribution is 7.89. The molecule has 1 rings (SSSR count). The van der Waals surface area contributed by atoms with Gasteiger partial charge < -0.3 is 0 Å². The van der Waals surface area contributed by atoms with Crippen molar-refractivity contribution in [2.75, 3.05) is 13.3 Å². The summed E-state index contributed by atoms with van der Waals surface area (Å²) >= 11 is 1.50. The Labute approximate surface area is 76.3 Å². The standard InChI is InChI=1S/C6H11N3OS2/c1-9(12(2,7)10)3-6-4-11-5-8-6/h4-5,7H,3H2,1-2H3. The lowest BCUT2D eigenvalue weighted by atomic mass is 10.5. The monoisotopic (exact) mass is 205 g/mol. The smallest absolute Gasteiger partial charge is 0.104 e. The first-order valence-corrected chi connectivity index (χ1v) is 6.19. The molecule has 4 nitrogen and oxygen atoms in total. The molecule has 1 heterocycles. The zero-order valence-corrected chi connectivity index (χ0v) is 8.61. The summed E-state index contributed by atoms with van der Waals surface area (Å²) in [5, 5.41) is 1.89. The molecule has 0 radical (unpaired) electrons. The third kappa shape index (κ3) is 2.54. The largest absolute Gasteiger partial charge is 0.248 e. The second kappa shape index (κ2) is 3.51. The molecule has 0 amide bonds. The van der Waals surface area contributed by atoms with Crippen LogP contribution in [0.25, 0.3) is 0 Å². The molecule has 1 N–H and O–H groups in total. The van der Waals surface area contributed by atoms with Gasteiger partial charge in [0.05, 0.1) is 17.7 Å². The van der Waals surface area contributed by atoms with Crippen LogP contribution < -0.4 is 0 Å². The van der Waals surface area contributed by atoms with Crippen LogP contribution in [0, 0.1) is 4.78 Å². The van der Waals surface area contributed by atoms with E-state index in [1.165, 1.54) is 21.9 Å². The third-order valence-electron chi connectivity index (χ3n) is 1.46. The molecule has 0 aliphatic rings. The summed E-state index contributed by atoms with van der Waals surface area (Å²) in [5.41, 5.74) is 2.59. The molecule has 1 aromatic rings. The first-order valence-electron chi connectivity index (χ1n) is 3.32. The van der Waals surface area contributed by atoms with Gasteiger partial charge in [0.1, 0.15) is 9.92 Å². The van der Waals surface area contributed by atoms with Gasteiger partial charge in [-0.3, -0.25) is 0 Å². The molecule has 1 aromatic heterocycles. The molecule has 12 heavy (non-hydrogen) atoms. The molecule has 1 unspecified atom stereocenters. The highest BCUT2D eigenvalue weighted by atomic mass is 32.2. The quantitative estimate of drug-likeness (QED) is 0.805. The Bertz CT molecular complexity index is 330. The van der Waals surface area contributed by atoms with Gasteiger partial charge >= 0.3 is 0 Å². The van der Waals surface area contributed by atoms with E-state index in [1.807, 2.05) is 5.38 Å². The van der Waals surface area contributed by atoms with Crippen molar-refractivity contribution in [3.05, 3.63) is 16.6 Å². The summed E-state index contributed by atoms with van der Waals surface area (Å²) < 4.78 is 19.9. The van der Waals surface area contributed by atoms with E-state index >= 15 is 0 Å². The molecule has 0 fully saturated rings. The number of aromatic nitrogens is 1. The minimum absolute atomic E-state index is 0.475. The van der Waals surface area contributed by atoms with Crippen molar-refractivity contribution in [3.8, 4) is 0 Å². The molecule has 0 aromatic carbocycles. The summed E-state index contributed by atoms with van der Waals surface area (Å²) in [6.45, 7) is 0.475. The Balaban J connectivity index is 2.66. The average molecular weight is 205 g/mol. The molecule has 0 saturated carbocycles. The van der Waals surface area contributed by atoms with E-state index in [2.05, 4.69) is 4.98 Å². The predicted molar refractivity (Wildman–Crippen MR) is 50.4 cm³/mol. The van der Waals surface area contributed by atoms with Crippen molar-refractivity contribution in [2.45, 2.75) is 6.54 Å². The summed E-state index contributed by atoms with van der Waals surface area (Å²) in [7, 11) is -0.920. The lowest BCUT2D eigenvalue weighted by Crippen LogP contribution is -2.23. The third-order valence-corrected chi connectivity index (χ3v) is 3.42. The summed E-state index contributed by atoms with van der Waals surface area (Å²) in [5.74, 6) is 0. The van der Waals surface area contributed by atoms with E-state index < -0.39 is 9.92 Å². The molecular formula is C6H11N3OS2. The minimum atomic E-state index is -2.58. The van der Waals surface area contributed by atoms with E-state index in [9.17, 15) is 4.21 Å². The first-order chi connectivity index (χ1) is 5.50. The summed E-state index contributed by atoms with van der Waals surface area (Å²) in [6, 6.07) is 0. The van der Waals surface area contributed by atoms with Crippen molar-refractivity contribution in [2.24, 2.45) is 0 Å². The van der Waals surface area contributed by atoms with Gasteiger partial charge in [-0.15, -0.1) is 11.3 Å². The lowest BCUT2D eigenvalue weighted by molar-refractivity contribution is 0.508. The lowest BCUT2D eigenvalue weighted by Gasteiger charge is -2.14. The predicted octanol–water partition coefficient (Wildman–Crippen LogP) is 1.17. The molecule has 0 spiro atoms. The number of hydrogen-bond donors (Lipinski definition) is 1. The molecule has 6 heteroatoms. The van der Waals surface area contributed by atoms with Gasteiger partial charge in [-0.2, -0.15) is 0 Å². The minimum Gasteiger partial charge on any atom is -0.248 e. The van der Waals surface area contributed by atoms with Crippen LogP contribution in [0.3, 0.4) is 0 Å². The van der Waals surface area contributed by atoms with E-state index in [0.29, 0.717) is 6.54 Å². The van der Waals surface area contributed by atoms with Crippen LogP contribution in [0.5, 0.6) is 0 Å². The topological polar surface area (TPSA) is 57.1 Å². The zero-order valence-electron chi connectivity index (χ0n) is 6.98. The molecule has 1 atom stereocenters. The number of thiazole rings is 1. The van der Waals surface area contributed by atoms with Crippen LogP contribution in [0.2, 0.25) is 0 Å². The van der Waals surface area contributed by atoms with Gasteiger partial charge in [0.2, 0.25) is 0 Å². The maximum Gasteiger partial charge on any atom is 0.104 e. The number of hydrogen-bond acceptors (Lipinski definition) is 4. The highest BCUT2D eigenvalue weighted by Crippen LogP contribution is 2.06. The Morgan fingerprint density at radius 1 is 1.83 bits per heavy atom. The van der Waals surface area contributed by atoms with Gasteiger partial charge in [-0.25, -0.2) is 18.3 Å². The zero-order chi connectivity index (χ0) is 9.19. The van der Waals surface area contributed by atoms with Gasteiger partial charge in [0.15, 0.2) is 0 Å². The van der Waals surface area contributed by atoms with Crippen molar-refractivity contribution < 1.29 is 4.21 Å². The molecule has 0 aliphatic carbocycles. The maximum absolute atomic E-state index is 11.2. The van der Waals surface area contributed by atoms with E-state index in [1.54, 1.807) is 12.6 Å². The Hall–Kier alpha value is -0.460. The fraction of sp³-hybridized carbons (Fsp3) is 0.500. The first kappa shape index (κ1) is 9.63. The molecule has 68 valence electrons. The molecule has 0 bridgehead atoms. The Morgan fingerprint density at radius 3 is 2.92 bits per heavy atom. The van der Waals surface area contributed by atoms with Gasteiger partial charge in [-0.1, -0.05) is 0 Å². The van der Waals surface area contributed by atoms with Crippen molar-refractivity contribution in [1.29, 1.82) is 4.78 Å². The Kier molecular flexibility index (Phi) is 2.81. The van der Waals surface area contributed by atoms with Crippen molar-refractivity contribution in [3.63, 3.8) is 0 Å². The second-order valence-corrected chi connectivity index (χ2v) is 5.52. The van der Waals surface area contributed by atoms with E-state index in [4.69, 9.17) is 4.78 Å². The number of nitrogens with zero attached hydrogens (tertiary/aromatic N) is 2. The molecule has 0 aliphatic heterocycles. The second-order valence-electron chi connectivity index (χ2n) is 2.57. The maximum atomic E-state index is 11.2. The fourth-order valence-corrected chi connectivity index (χ4v) is 1.60. The van der Waals surface area contributed by atoms with Crippen LogP contribution in [0.15, 0.2) is 10.9 Å².